The standard InChI is InChI=1S/C13H16F2N2O4/c1-3-8(2)16(7-12(18)19)11-5-4-9(17(20)21)6-10(11)13(14)15/h4-6,8,13H,3,7H2,1-2H3,(H,18,19). The molecule has 0 radical (unpaired) electrons. The summed E-state index contributed by atoms with van der Waals surface area (Å²) in [5.74, 6) is -1.16. The smallest absolute Gasteiger partial charge is 0.323 e. The number of aliphatic carboxylic acids is 1. The molecule has 0 saturated carbocycles. The molecule has 6 nitrogen and oxygen atoms in total. The van der Waals surface area contributed by atoms with Gasteiger partial charge < -0.3 is 10.0 Å². The van der Waals surface area contributed by atoms with Crippen LogP contribution in [0, 0.1) is 10.1 Å². The molecular weight excluding hydrogens is 286 g/mol. The number of hydrogen-bond acceptors (Lipinski definition) is 4. The monoisotopic (exact) mass is 302 g/mol. The molecule has 1 rings (SSSR count). The fraction of sp³-hybridized carbons (Fsp3) is 0.462. The maximum atomic E-state index is 13.1. The molecule has 0 aromatic heterocycles. The zero-order valence-corrected chi connectivity index (χ0v) is 11.6. The maximum absolute atomic E-state index is 13.1. The lowest BCUT2D eigenvalue weighted by Gasteiger charge is -2.30. The quantitative estimate of drug-likeness (QED) is 0.617. The molecule has 0 bridgehead atoms. The number of non-ortho nitro benzene ring substituents is 1. The van der Waals surface area contributed by atoms with Crippen LogP contribution in [0.5, 0.6) is 0 Å². The van der Waals surface area contributed by atoms with Crippen LogP contribution in [0.4, 0.5) is 20.2 Å². The molecule has 21 heavy (non-hydrogen) atoms. The number of nitro groups is 1. The predicted octanol–water partition coefficient (Wildman–Crippen LogP) is 3.22. The number of nitro benzene ring substituents is 1. The minimum absolute atomic E-state index is 0.00681. The molecule has 116 valence electrons. The summed E-state index contributed by atoms with van der Waals surface area (Å²) >= 11 is 0. The van der Waals surface area contributed by atoms with Gasteiger partial charge in [0, 0.05) is 29.4 Å². The molecule has 0 amide bonds. The number of carboxylic acids is 1. The van der Waals surface area contributed by atoms with E-state index in [1.807, 2.05) is 0 Å². The second-order valence-corrected chi connectivity index (χ2v) is 4.58. The van der Waals surface area contributed by atoms with Crippen molar-refractivity contribution in [1.82, 2.24) is 0 Å². The van der Waals surface area contributed by atoms with Crippen molar-refractivity contribution in [2.45, 2.75) is 32.7 Å². The van der Waals surface area contributed by atoms with Crippen LogP contribution >= 0.6 is 0 Å². The number of carbonyl (C=O) groups is 1. The highest BCUT2D eigenvalue weighted by molar-refractivity contribution is 5.75. The van der Waals surface area contributed by atoms with Crippen molar-refractivity contribution in [3.8, 4) is 0 Å². The van der Waals surface area contributed by atoms with E-state index >= 15 is 0 Å². The van der Waals surface area contributed by atoms with E-state index in [2.05, 4.69) is 0 Å². The second kappa shape index (κ2) is 6.96. The van der Waals surface area contributed by atoms with Gasteiger partial charge in [0.05, 0.1) is 4.92 Å². The van der Waals surface area contributed by atoms with Crippen molar-refractivity contribution in [1.29, 1.82) is 0 Å². The van der Waals surface area contributed by atoms with E-state index in [4.69, 9.17) is 5.11 Å². The van der Waals surface area contributed by atoms with Crippen LogP contribution in [0.3, 0.4) is 0 Å². The van der Waals surface area contributed by atoms with Crippen molar-refractivity contribution in [2.75, 3.05) is 11.4 Å². The van der Waals surface area contributed by atoms with Gasteiger partial charge in [-0.05, 0) is 19.4 Å². The zero-order chi connectivity index (χ0) is 16.2. The van der Waals surface area contributed by atoms with Gasteiger partial charge >= 0.3 is 5.97 Å². The number of anilines is 1. The van der Waals surface area contributed by atoms with Gasteiger partial charge in [0.1, 0.15) is 6.54 Å². The maximum Gasteiger partial charge on any atom is 0.323 e. The molecule has 1 atom stereocenters. The number of alkyl halides is 2. The Morgan fingerprint density at radius 2 is 2.10 bits per heavy atom. The molecule has 0 spiro atoms. The van der Waals surface area contributed by atoms with E-state index in [9.17, 15) is 23.7 Å². The third-order valence-electron chi connectivity index (χ3n) is 3.19. The van der Waals surface area contributed by atoms with E-state index in [0.717, 1.165) is 12.1 Å². The first-order chi connectivity index (χ1) is 9.77. The topological polar surface area (TPSA) is 83.7 Å². The van der Waals surface area contributed by atoms with Crippen molar-refractivity contribution in [3.63, 3.8) is 0 Å². The molecule has 8 heteroatoms. The van der Waals surface area contributed by atoms with Crippen LogP contribution < -0.4 is 4.90 Å². The fourth-order valence-electron chi connectivity index (χ4n) is 1.94. The lowest BCUT2D eigenvalue weighted by atomic mass is 10.1. The number of carboxylic acid groups (broad SMARTS) is 1. The van der Waals surface area contributed by atoms with Gasteiger partial charge in [-0.1, -0.05) is 6.92 Å². The molecule has 0 aliphatic heterocycles. The number of rotatable bonds is 7. The first-order valence-electron chi connectivity index (χ1n) is 6.32. The van der Waals surface area contributed by atoms with Gasteiger partial charge in [-0.15, -0.1) is 0 Å². The molecule has 1 aromatic carbocycles. The Kier molecular flexibility index (Phi) is 5.57. The van der Waals surface area contributed by atoms with Crippen LogP contribution in [0.1, 0.15) is 32.3 Å². The van der Waals surface area contributed by atoms with Crippen molar-refractivity contribution in [3.05, 3.63) is 33.9 Å². The van der Waals surface area contributed by atoms with Crippen LogP contribution in [0.15, 0.2) is 18.2 Å². The zero-order valence-electron chi connectivity index (χ0n) is 11.6. The van der Waals surface area contributed by atoms with Gasteiger partial charge in [0.2, 0.25) is 0 Å². The highest BCUT2D eigenvalue weighted by atomic mass is 19.3. The van der Waals surface area contributed by atoms with Gasteiger partial charge in [0.25, 0.3) is 12.1 Å². The van der Waals surface area contributed by atoms with E-state index < -0.39 is 35.1 Å². The Balaban J connectivity index is 3.35. The largest absolute Gasteiger partial charge is 0.480 e. The predicted molar refractivity (Wildman–Crippen MR) is 72.8 cm³/mol. The van der Waals surface area contributed by atoms with Crippen LogP contribution in [-0.2, 0) is 4.79 Å². The highest BCUT2D eigenvalue weighted by Crippen LogP contribution is 2.34. The van der Waals surface area contributed by atoms with E-state index in [1.165, 1.54) is 11.0 Å². The van der Waals surface area contributed by atoms with Crippen LogP contribution in [0.25, 0.3) is 0 Å². The normalized spacial score (nSPS) is 12.2. The summed E-state index contributed by atoms with van der Waals surface area (Å²) in [6.45, 7) is 3.05. The SMILES string of the molecule is CCC(C)N(CC(=O)O)c1ccc([N+](=O)[O-])cc1C(F)F. The van der Waals surface area contributed by atoms with Crippen molar-refractivity contribution >= 4 is 17.3 Å². The molecule has 0 fully saturated rings. The average molecular weight is 302 g/mol. The molecule has 1 unspecified atom stereocenters. The second-order valence-electron chi connectivity index (χ2n) is 4.58. The number of benzene rings is 1. The Labute approximate surface area is 120 Å². The Morgan fingerprint density at radius 3 is 2.52 bits per heavy atom. The molecule has 1 aromatic rings. The first-order valence-corrected chi connectivity index (χ1v) is 6.32. The van der Waals surface area contributed by atoms with Crippen LogP contribution in [-0.4, -0.2) is 28.6 Å². The number of hydrogen-bond donors (Lipinski definition) is 1. The molecule has 0 heterocycles. The number of nitrogens with zero attached hydrogens (tertiary/aromatic N) is 2. The fourth-order valence-corrected chi connectivity index (χ4v) is 1.94. The summed E-state index contributed by atoms with van der Waals surface area (Å²) in [6.07, 6.45) is -2.38. The van der Waals surface area contributed by atoms with E-state index in [1.54, 1.807) is 13.8 Å². The molecule has 0 aliphatic rings. The molecule has 0 saturated heterocycles. The van der Waals surface area contributed by atoms with Gasteiger partial charge in [-0.25, -0.2) is 8.78 Å². The Bertz CT molecular complexity index is 537. The van der Waals surface area contributed by atoms with Gasteiger partial charge in [0.15, 0.2) is 0 Å². The third-order valence-corrected chi connectivity index (χ3v) is 3.19. The van der Waals surface area contributed by atoms with Gasteiger partial charge in [-0.3, -0.25) is 14.9 Å². The molecule has 0 aliphatic carbocycles. The Morgan fingerprint density at radius 1 is 1.48 bits per heavy atom. The van der Waals surface area contributed by atoms with E-state index in [-0.39, 0.29) is 11.7 Å². The van der Waals surface area contributed by atoms with E-state index in [0.29, 0.717) is 6.42 Å². The first kappa shape index (κ1) is 16.8. The summed E-state index contributed by atoms with van der Waals surface area (Å²) in [4.78, 5) is 22.1. The number of halogens is 2. The average Bonchev–Trinajstić information content (AvgIpc) is 2.42. The van der Waals surface area contributed by atoms with Crippen molar-refractivity contribution < 1.29 is 23.6 Å². The summed E-state index contributed by atoms with van der Waals surface area (Å²) in [5, 5.41) is 19.6. The van der Waals surface area contributed by atoms with Gasteiger partial charge in [-0.2, -0.15) is 0 Å². The molecule has 1 N–H and O–H groups in total. The third kappa shape index (κ3) is 4.11. The summed E-state index contributed by atoms with van der Waals surface area (Å²) in [7, 11) is 0. The van der Waals surface area contributed by atoms with Crippen molar-refractivity contribution in [2.24, 2.45) is 0 Å². The minimum atomic E-state index is -2.93. The lowest BCUT2D eigenvalue weighted by molar-refractivity contribution is -0.385. The van der Waals surface area contributed by atoms with Crippen LogP contribution in [0.2, 0.25) is 0 Å². The highest BCUT2D eigenvalue weighted by Gasteiger charge is 2.25. The minimum Gasteiger partial charge on any atom is -0.480 e. The molecular formula is C13H16F2N2O4. The summed E-state index contributed by atoms with van der Waals surface area (Å²) in [6, 6.07) is 2.77. The lowest BCUT2D eigenvalue weighted by Crippen LogP contribution is -2.37. The summed E-state index contributed by atoms with van der Waals surface area (Å²) in [5.41, 5.74) is -0.980. The summed E-state index contributed by atoms with van der Waals surface area (Å²) < 4.78 is 26.3. The Hall–Kier alpha value is -2.25.